The summed E-state index contributed by atoms with van der Waals surface area (Å²) in [7, 11) is 0. The van der Waals surface area contributed by atoms with E-state index in [9.17, 15) is 4.79 Å². The first kappa shape index (κ1) is 12.6. The molecular weight excluding hydrogens is 246 g/mol. The predicted octanol–water partition coefficient (Wildman–Crippen LogP) is 3.27. The Kier molecular flexibility index (Phi) is 3.94. The molecule has 94 valence electrons. The molecule has 0 radical (unpaired) electrons. The molecule has 0 spiro atoms. The SMILES string of the molecule is CC(=O)Nc1cccc(NC(C)c2cncs2)c1. The van der Waals surface area contributed by atoms with Crippen molar-refractivity contribution in [3.63, 3.8) is 0 Å². The third-order valence-corrected chi connectivity index (χ3v) is 3.40. The monoisotopic (exact) mass is 261 g/mol. The Hall–Kier alpha value is -1.88. The summed E-state index contributed by atoms with van der Waals surface area (Å²) in [5.41, 5.74) is 3.59. The maximum Gasteiger partial charge on any atom is 0.221 e. The fourth-order valence-corrected chi connectivity index (χ4v) is 2.28. The van der Waals surface area contributed by atoms with Crippen LogP contribution >= 0.6 is 11.3 Å². The third kappa shape index (κ3) is 3.30. The van der Waals surface area contributed by atoms with Gasteiger partial charge in [-0.15, -0.1) is 11.3 Å². The molecule has 2 N–H and O–H groups in total. The normalized spacial score (nSPS) is 11.9. The zero-order valence-electron chi connectivity index (χ0n) is 10.3. The zero-order chi connectivity index (χ0) is 13.0. The maximum atomic E-state index is 11.0. The van der Waals surface area contributed by atoms with Crippen LogP contribution in [0.15, 0.2) is 36.0 Å². The van der Waals surface area contributed by atoms with E-state index in [-0.39, 0.29) is 11.9 Å². The van der Waals surface area contributed by atoms with E-state index in [0.717, 1.165) is 11.4 Å². The molecule has 1 atom stereocenters. The van der Waals surface area contributed by atoms with Crippen molar-refractivity contribution in [3.05, 3.63) is 40.8 Å². The highest BCUT2D eigenvalue weighted by Gasteiger charge is 2.07. The smallest absolute Gasteiger partial charge is 0.221 e. The van der Waals surface area contributed by atoms with Gasteiger partial charge in [0.25, 0.3) is 0 Å². The molecule has 1 aromatic heterocycles. The second-order valence-corrected chi connectivity index (χ2v) is 4.95. The lowest BCUT2D eigenvalue weighted by Gasteiger charge is -2.14. The van der Waals surface area contributed by atoms with Crippen LogP contribution in [0.3, 0.4) is 0 Å². The Balaban J connectivity index is 2.07. The Morgan fingerprint density at radius 3 is 2.83 bits per heavy atom. The molecule has 1 aromatic carbocycles. The van der Waals surface area contributed by atoms with Crippen LogP contribution in [0.4, 0.5) is 11.4 Å². The lowest BCUT2D eigenvalue weighted by molar-refractivity contribution is -0.114. The van der Waals surface area contributed by atoms with E-state index < -0.39 is 0 Å². The molecule has 0 fully saturated rings. The van der Waals surface area contributed by atoms with Crippen LogP contribution in [0.5, 0.6) is 0 Å². The third-order valence-electron chi connectivity index (χ3n) is 2.44. The summed E-state index contributed by atoms with van der Waals surface area (Å²) >= 11 is 1.62. The van der Waals surface area contributed by atoms with E-state index in [1.807, 2.05) is 36.0 Å². The first-order valence-electron chi connectivity index (χ1n) is 5.68. The summed E-state index contributed by atoms with van der Waals surface area (Å²) < 4.78 is 0. The highest BCUT2D eigenvalue weighted by Crippen LogP contribution is 2.23. The number of aromatic nitrogens is 1. The van der Waals surface area contributed by atoms with Gasteiger partial charge in [0, 0.05) is 29.4 Å². The highest BCUT2D eigenvalue weighted by atomic mass is 32.1. The molecule has 1 heterocycles. The van der Waals surface area contributed by atoms with Gasteiger partial charge < -0.3 is 10.6 Å². The molecule has 2 rings (SSSR count). The van der Waals surface area contributed by atoms with E-state index >= 15 is 0 Å². The van der Waals surface area contributed by atoms with E-state index in [0.29, 0.717) is 0 Å². The minimum absolute atomic E-state index is 0.0670. The average Bonchev–Trinajstić information content (AvgIpc) is 2.81. The van der Waals surface area contributed by atoms with Crippen molar-refractivity contribution in [3.8, 4) is 0 Å². The number of carbonyl (C=O) groups excluding carboxylic acids is 1. The number of hydrogen-bond donors (Lipinski definition) is 2. The molecule has 0 aliphatic heterocycles. The van der Waals surface area contributed by atoms with Crippen molar-refractivity contribution in [1.29, 1.82) is 0 Å². The Morgan fingerprint density at radius 2 is 2.17 bits per heavy atom. The number of thiazole rings is 1. The van der Waals surface area contributed by atoms with Crippen LogP contribution < -0.4 is 10.6 Å². The molecule has 2 aromatic rings. The molecule has 18 heavy (non-hydrogen) atoms. The van der Waals surface area contributed by atoms with Crippen LogP contribution in [0.1, 0.15) is 24.8 Å². The molecule has 4 nitrogen and oxygen atoms in total. The number of anilines is 2. The average molecular weight is 261 g/mol. The molecule has 0 aliphatic rings. The van der Waals surface area contributed by atoms with Crippen molar-refractivity contribution < 1.29 is 4.79 Å². The molecule has 1 unspecified atom stereocenters. The minimum atomic E-state index is -0.0670. The largest absolute Gasteiger partial charge is 0.378 e. The predicted molar refractivity (Wildman–Crippen MR) is 74.9 cm³/mol. The molecule has 0 saturated carbocycles. The number of carbonyl (C=O) groups is 1. The first-order chi connectivity index (χ1) is 8.65. The zero-order valence-corrected chi connectivity index (χ0v) is 11.1. The van der Waals surface area contributed by atoms with Crippen molar-refractivity contribution in [1.82, 2.24) is 4.98 Å². The van der Waals surface area contributed by atoms with Gasteiger partial charge in [0.15, 0.2) is 0 Å². The highest BCUT2D eigenvalue weighted by molar-refractivity contribution is 7.09. The van der Waals surface area contributed by atoms with Gasteiger partial charge in [0.1, 0.15) is 0 Å². The van der Waals surface area contributed by atoms with Gasteiger partial charge in [-0.1, -0.05) is 6.07 Å². The number of nitrogens with one attached hydrogen (secondary N) is 2. The van der Waals surface area contributed by atoms with E-state index in [1.54, 1.807) is 11.3 Å². The Morgan fingerprint density at radius 1 is 1.39 bits per heavy atom. The second kappa shape index (κ2) is 5.64. The van der Waals surface area contributed by atoms with E-state index in [4.69, 9.17) is 0 Å². The minimum Gasteiger partial charge on any atom is -0.378 e. The Labute approximate surface area is 110 Å². The summed E-state index contributed by atoms with van der Waals surface area (Å²) in [6, 6.07) is 7.86. The van der Waals surface area contributed by atoms with Gasteiger partial charge in [-0.3, -0.25) is 9.78 Å². The second-order valence-electron chi connectivity index (χ2n) is 4.03. The lowest BCUT2D eigenvalue weighted by Crippen LogP contribution is -2.08. The van der Waals surface area contributed by atoms with Crippen LogP contribution in [-0.4, -0.2) is 10.9 Å². The number of hydrogen-bond acceptors (Lipinski definition) is 4. The van der Waals surface area contributed by atoms with Crippen molar-refractivity contribution in [2.75, 3.05) is 10.6 Å². The van der Waals surface area contributed by atoms with Crippen molar-refractivity contribution in [2.24, 2.45) is 0 Å². The fraction of sp³-hybridized carbons (Fsp3) is 0.231. The topological polar surface area (TPSA) is 54.0 Å². The quantitative estimate of drug-likeness (QED) is 0.888. The van der Waals surface area contributed by atoms with Gasteiger partial charge in [-0.25, -0.2) is 0 Å². The van der Waals surface area contributed by atoms with Crippen molar-refractivity contribution >= 4 is 28.6 Å². The summed E-state index contributed by atoms with van der Waals surface area (Å²) in [6.45, 7) is 3.58. The van der Waals surface area contributed by atoms with Gasteiger partial charge >= 0.3 is 0 Å². The standard InChI is InChI=1S/C13H15N3OS/c1-9(13-7-14-8-18-13)15-11-4-3-5-12(6-11)16-10(2)17/h3-9,15H,1-2H3,(H,16,17). The molecule has 5 heteroatoms. The van der Waals surface area contributed by atoms with Crippen LogP contribution in [-0.2, 0) is 4.79 Å². The molecule has 0 bridgehead atoms. The maximum absolute atomic E-state index is 11.0. The molecular formula is C13H15N3OS. The van der Waals surface area contributed by atoms with Gasteiger partial charge in [-0.2, -0.15) is 0 Å². The number of benzene rings is 1. The Bertz CT molecular complexity index is 525. The van der Waals surface area contributed by atoms with Gasteiger partial charge in [0.05, 0.1) is 11.6 Å². The lowest BCUT2D eigenvalue weighted by atomic mass is 10.2. The van der Waals surface area contributed by atoms with Crippen LogP contribution in [0, 0.1) is 0 Å². The number of rotatable bonds is 4. The van der Waals surface area contributed by atoms with Gasteiger partial charge in [0.2, 0.25) is 5.91 Å². The van der Waals surface area contributed by atoms with Crippen molar-refractivity contribution in [2.45, 2.75) is 19.9 Å². The molecule has 0 aliphatic carbocycles. The van der Waals surface area contributed by atoms with Crippen LogP contribution in [0.25, 0.3) is 0 Å². The first-order valence-corrected chi connectivity index (χ1v) is 6.55. The number of nitrogens with zero attached hydrogens (tertiary/aromatic N) is 1. The van der Waals surface area contributed by atoms with Crippen LogP contribution in [0.2, 0.25) is 0 Å². The number of amides is 1. The summed E-state index contributed by atoms with van der Waals surface area (Å²) in [5.74, 6) is -0.0670. The van der Waals surface area contributed by atoms with Gasteiger partial charge in [-0.05, 0) is 25.1 Å². The summed E-state index contributed by atoms with van der Waals surface area (Å²) in [5, 5.41) is 6.14. The molecule has 0 saturated heterocycles. The summed E-state index contributed by atoms with van der Waals surface area (Å²) in [6.07, 6.45) is 1.86. The van der Waals surface area contributed by atoms with E-state index in [2.05, 4.69) is 22.5 Å². The molecule has 1 amide bonds. The fourth-order valence-electron chi connectivity index (χ4n) is 1.65. The summed E-state index contributed by atoms with van der Waals surface area (Å²) in [4.78, 5) is 16.2. The van der Waals surface area contributed by atoms with E-state index in [1.165, 1.54) is 11.8 Å².